The van der Waals surface area contributed by atoms with E-state index >= 15 is 0 Å². The van der Waals surface area contributed by atoms with Gasteiger partial charge in [0.2, 0.25) is 0 Å². The molecule has 118 valence electrons. The van der Waals surface area contributed by atoms with Gasteiger partial charge in [0.25, 0.3) is 5.91 Å². The van der Waals surface area contributed by atoms with Crippen molar-refractivity contribution in [2.45, 2.75) is 19.4 Å². The van der Waals surface area contributed by atoms with Gasteiger partial charge in [-0.3, -0.25) is 4.79 Å². The largest absolute Gasteiger partial charge is 0.398 e. The van der Waals surface area contributed by atoms with Crippen LogP contribution in [0.2, 0.25) is 0 Å². The molecule has 1 aromatic carbocycles. The first-order chi connectivity index (χ1) is 10.2. The Morgan fingerprint density at radius 3 is 3.09 bits per heavy atom. The van der Waals surface area contributed by atoms with E-state index in [9.17, 15) is 4.79 Å². The fourth-order valence-corrected chi connectivity index (χ4v) is 2.62. The fraction of sp³-hybridized carbons (Fsp3) is 0.333. The van der Waals surface area contributed by atoms with E-state index in [1.54, 1.807) is 18.1 Å². The number of hydrogen-bond acceptors (Lipinski definition) is 5. The van der Waals surface area contributed by atoms with Gasteiger partial charge in [-0.1, -0.05) is 11.2 Å². The molecule has 2 heterocycles. The van der Waals surface area contributed by atoms with Crippen LogP contribution in [0.15, 0.2) is 28.8 Å². The van der Waals surface area contributed by atoms with Crippen LogP contribution in [0.4, 0.5) is 11.4 Å². The molecule has 0 aliphatic carbocycles. The second-order valence-electron chi connectivity index (χ2n) is 5.02. The van der Waals surface area contributed by atoms with Gasteiger partial charge in [-0.05, 0) is 30.5 Å². The second kappa shape index (κ2) is 6.81. The van der Waals surface area contributed by atoms with Crippen molar-refractivity contribution in [3.05, 3.63) is 41.3 Å². The number of carbonyl (C=O) groups is 1. The normalized spacial score (nSPS) is 13.4. The summed E-state index contributed by atoms with van der Waals surface area (Å²) in [5.74, 6) is 0.360. The van der Waals surface area contributed by atoms with Crippen molar-refractivity contribution >= 4 is 29.7 Å². The zero-order valence-electron chi connectivity index (χ0n) is 12.2. The lowest BCUT2D eigenvalue weighted by molar-refractivity contribution is 0.0975. The molecule has 1 aliphatic rings. The minimum Gasteiger partial charge on any atom is -0.398 e. The zero-order chi connectivity index (χ0) is 14.8. The van der Waals surface area contributed by atoms with Crippen molar-refractivity contribution in [3.63, 3.8) is 0 Å². The monoisotopic (exact) mass is 323 g/mol. The lowest BCUT2D eigenvalue weighted by Gasteiger charge is -2.29. The van der Waals surface area contributed by atoms with Crippen molar-refractivity contribution in [3.8, 4) is 0 Å². The number of nitrogens with zero attached hydrogens (tertiary/aromatic N) is 2. The van der Waals surface area contributed by atoms with Gasteiger partial charge in [0.1, 0.15) is 6.61 Å². The molecule has 22 heavy (non-hydrogen) atoms. The quantitative estimate of drug-likeness (QED) is 0.877. The Bertz CT molecular complexity index is 672. The first kappa shape index (κ1) is 16.3. The summed E-state index contributed by atoms with van der Waals surface area (Å²) in [5, 5.41) is 3.83. The van der Waals surface area contributed by atoms with Gasteiger partial charge < -0.3 is 19.9 Å². The summed E-state index contributed by atoms with van der Waals surface area (Å²) in [7, 11) is 1.56. The minimum atomic E-state index is -0.173. The second-order valence-corrected chi connectivity index (χ2v) is 5.02. The first-order valence-corrected chi connectivity index (χ1v) is 6.84. The molecule has 0 fully saturated rings. The number of amides is 1. The molecule has 0 spiro atoms. The van der Waals surface area contributed by atoms with Gasteiger partial charge in [-0.15, -0.1) is 12.4 Å². The molecule has 0 saturated carbocycles. The third-order valence-corrected chi connectivity index (χ3v) is 3.60. The average Bonchev–Trinajstić information content (AvgIpc) is 2.96. The summed E-state index contributed by atoms with van der Waals surface area (Å²) in [6, 6.07) is 7.25. The molecule has 0 atom stereocenters. The number of anilines is 2. The van der Waals surface area contributed by atoms with Crippen LogP contribution in [0.1, 0.15) is 28.2 Å². The van der Waals surface area contributed by atoms with Gasteiger partial charge in [-0.25, -0.2) is 0 Å². The molecule has 2 aromatic rings. The van der Waals surface area contributed by atoms with Gasteiger partial charge in [0.05, 0.1) is 0 Å². The van der Waals surface area contributed by atoms with Crippen molar-refractivity contribution < 1.29 is 14.1 Å². The molecule has 2 N–H and O–H groups in total. The summed E-state index contributed by atoms with van der Waals surface area (Å²) in [4.78, 5) is 14.3. The minimum absolute atomic E-state index is 0. The number of hydrogen-bond donors (Lipinski definition) is 1. The Balaban J connectivity index is 0.00000176. The van der Waals surface area contributed by atoms with E-state index in [0.717, 1.165) is 29.8 Å². The molecule has 1 aliphatic heterocycles. The van der Waals surface area contributed by atoms with Gasteiger partial charge in [0, 0.05) is 31.1 Å². The zero-order valence-corrected chi connectivity index (χ0v) is 13.1. The standard InChI is InChI=1S/C15H17N3O3.ClH/c1-20-9-10-8-13(17-21-10)15(19)18-7-3-4-11-12(16)5-2-6-14(11)18;/h2,5-6,8H,3-4,7,9,16H2,1H3;1H. The third kappa shape index (κ3) is 2.93. The van der Waals surface area contributed by atoms with Crippen molar-refractivity contribution in [1.29, 1.82) is 0 Å². The number of halogens is 1. The molecule has 0 bridgehead atoms. The van der Waals surface area contributed by atoms with Crippen LogP contribution in [-0.4, -0.2) is 24.7 Å². The smallest absolute Gasteiger partial charge is 0.280 e. The number of carbonyl (C=O) groups excluding carboxylic acids is 1. The fourth-order valence-electron chi connectivity index (χ4n) is 2.62. The molecule has 1 amide bonds. The summed E-state index contributed by atoms with van der Waals surface area (Å²) >= 11 is 0. The molecule has 7 heteroatoms. The van der Waals surface area contributed by atoms with Crippen LogP contribution in [0.3, 0.4) is 0 Å². The number of aromatic nitrogens is 1. The SMILES string of the molecule is COCc1cc(C(=O)N2CCCc3c(N)cccc32)no1.Cl. The van der Waals surface area contributed by atoms with E-state index in [-0.39, 0.29) is 24.0 Å². The molecule has 3 rings (SSSR count). The average molecular weight is 324 g/mol. The van der Waals surface area contributed by atoms with E-state index in [1.807, 2.05) is 18.2 Å². The summed E-state index contributed by atoms with van der Waals surface area (Å²) in [5.41, 5.74) is 8.90. The van der Waals surface area contributed by atoms with Crippen molar-refractivity contribution in [1.82, 2.24) is 5.16 Å². The van der Waals surface area contributed by atoms with Crippen LogP contribution in [0, 0.1) is 0 Å². The maximum Gasteiger partial charge on any atom is 0.280 e. The number of nitrogens with two attached hydrogens (primary N) is 1. The number of benzene rings is 1. The van der Waals surface area contributed by atoms with Gasteiger partial charge in [0.15, 0.2) is 11.5 Å². The van der Waals surface area contributed by atoms with Crippen LogP contribution in [0.25, 0.3) is 0 Å². The van der Waals surface area contributed by atoms with Gasteiger partial charge in [-0.2, -0.15) is 0 Å². The van der Waals surface area contributed by atoms with Crippen molar-refractivity contribution in [2.75, 3.05) is 24.3 Å². The maximum absolute atomic E-state index is 12.6. The Labute approximate surface area is 134 Å². The molecule has 0 saturated heterocycles. The Hall–Kier alpha value is -2.05. The lowest BCUT2D eigenvalue weighted by Crippen LogP contribution is -2.35. The van der Waals surface area contributed by atoms with Crippen molar-refractivity contribution in [2.24, 2.45) is 0 Å². The van der Waals surface area contributed by atoms with Crippen LogP contribution < -0.4 is 10.6 Å². The summed E-state index contributed by atoms with van der Waals surface area (Å²) in [6.45, 7) is 0.950. The van der Waals surface area contributed by atoms with E-state index in [0.29, 0.717) is 18.9 Å². The molecule has 0 radical (unpaired) electrons. The Morgan fingerprint density at radius 2 is 2.32 bits per heavy atom. The van der Waals surface area contributed by atoms with Crippen LogP contribution >= 0.6 is 12.4 Å². The predicted octanol–water partition coefficient (Wildman–Crippen LogP) is 2.42. The Kier molecular flexibility index (Phi) is 5.05. The highest BCUT2D eigenvalue weighted by Gasteiger charge is 2.26. The molecule has 1 aromatic heterocycles. The number of nitrogen functional groups attached to an aromatic ring is 1. The third-order valence-electron chi connectivity index (χ3n) is 3.60. The lowest BCUT2D eigenvalue weighted by atomic mass is 9.99. The van der Waals surface area contributed by atoms with Crippen LogP contribution in [0.5, 0.6) is 0 Å². The van der Waals surface area contributed by atoms with E-state index in [1.165, 1.54) is 0 Å². The number of ether oxygens (including phenoxy) is 1. The molecular weight excluding hydrogens is 306 g/mol. The van der Waals surface area contributed by atoms with Gasteiger partial charge >= 0.3 is 0 Å². The van der Waals surface area contributed by atoms with E-state index in [2.05, 4.69) is 5.16 Å². The summed E-state index contributed by atoms with van der Waals surface area (Å²) < 4.78 is 10.0. The number of rotatable bonds is 3. The highest BCUT2D eigenvalue weighted by molar-refractivity contribution is 6.05. The molecule has 6 nitrogen and oxygen atoms in total. The number of fused-ring (bicyclic) bond motifs is 1. The molecular formula is C15H18ClN3O3. The predicted molar refractivity (Wildman–Crippen MR) is 85.3 cm³/mol. The van der Waals surface area contributed by atoms with Crippen LogP contribution in [-0.2, 0) is 17.8 Å². The molecule has 0 unspecified atom stereocenters. The van der Waals surface area contributed by atoms with E-state index in [4.69, 9.17) is 15.0 Å². The maximum atomic E-state index is 12.6. The highest BCUT2D eigenvalue weighted by atomic mass is 35.5. The topological polar surface area (TPSA) is 81.6 Å². The first-order valence-electron chi connectivity index (χ1n) is 6.84. The number of methoxy groups -OCH3 is 1. The van der Waals surface area contributed by atoms with E-state index < -0.39 is 0 Å². The highest BCUT2D eigenvalue weighted by Crippen LogP contribution is 2.32. The summed E-state index contributed by atoms with van der Waals surface area (Å²) in [6.07, 6.45) is 1.77. The Morgan fingerprint density at radius 1 is 1.50 bits per heavy atom.